The molecule has 3 heteroatoms. The number of nitrogens with two attached hydrogens (primary N) is 1. The first kappa shape index (κ1) is 10.5. The minimum absolute atomic E-state index is 0.209. The quantitative estimate of drug-likeness (QED) is 0.838. The van der Waals surface area contributed by atoms with E-state index in [4.69, 9.17) is 5.73 Å². The van der Waals surface area contributed by atoms with E-state index in [9.17, 15) is 0 Å². The molecule has 78 valence electrons. The van der Waals surface area contributed by atoms with E-state index < -0.39 is 0 Å². The van der Waals surface area contributed by atoms with Gasteiger partial charge in [-0.05, 0) is 49.5 Å². The van der Waals surface area contributed by atoms with Gasteiger partial charge in [-0.25, -0.2) is 0 Å². The van der Waals surface area contributed by atoms with Crippen LogP contribution in [0.1, 0.15) is 36.2 Å². The van der Waals surface area contributed by atoms with Gasteiger partial charge in [0.05, 0.1) is 0 Å². The molecule has 0 spiro atoms. The first-order valence-corrected chi connectivity index (χ1v) is 6.93. The minimum atomic E-state index is 0.209. The van der Waals surface area contributed by atoms with Gasteiger partial charge >= 0.3 is 0 Å². The molecule has 1 saturated heterocycles. The van der Waals surface area contributed by atoms with E-state index in [0.29, 0.717) is 0 Å². The summed E-state index contributed by atoms with van der Waals surface area (Å²) in [5, 5.41) is 2.15. The standard InChI is InChI=1S/C11H17NS2/c1-8-9(4-7-13-8)10(12)11(2)5-3-6-14-11/h4,7,10H,3,5-6,12H2,1-2H3. The Kier molecular flexibility index (Phi) is 2.91. The fourth-order valence-electron chi connectivity index (χ4n) is 2.09. The molecule has 0 aromatic carbocycles. The van der Waals surface area contributed by atoms with E-state index in [-0.39, 0.29) is 10.8 Å². The molecule has 2 unspecified atom stereocenters. The number of thiophene rings is 1. The van der Waals surface area contributed by atoms with Crippen LogP contribution >= 0.6 is 23.1 Å². The highest BCUT2D eigenvalue weighted by molar-refractivity contribution is 8.00. The van der Waals surface area contributed by atoms with Crippen LogP contribution in [0.3, 0.4) is 0 Å². The van der Waals surface area contributed by atoms with Crippen LogP contribution < -0.4 is 5.73 Å². The molecule has 0 bridgehead atoms. The van der Waals surface area contributed by atoms with Crippen LogP contribution in [-0.2, 0) is 0 Å². The third-order valence-corrected chi connectivity index (χ3v) is 5.61. The molecular formula is C11H17NS2. The lowest BCUT2D eigenvalue weighted by molar-refractivity contribution is 0.501. The molecule has 0 aliphatic carbocycles. The topological polar surface area (TPSA) is 26.0 Å². The summed E-state index contributed by atoms with van der Waals surface area (Å²) >= 11 is 3.84. The Balaban J connectivity index is 2.23. The third kappa shape index (κ3) is 1.73. The Morgan fingerprint density at radius 3 is 2.86 bits per heavy atom. The second-order valence-electron chi connectivity index (χ2n) is 4.17. The lowest BCUT2D eigenvalue weighted by Gasteiger charge is -2.30. The predicted molar refractivity (Wildman–Crippen MR) is 66.1 cm³/mol. The van der Waals surface area contributed by atoms with E-state index in [0.717, 1.165) is 0 Å². The molecule has 2 heterocycles. The first-order chi connectivity index (χ1) is 6.63. The zero-order valence-electron chi connectivity index (χ0n) is 8.75. The van der Waals surface area contributed by atoms with Crippen molar-refractivity contribution in [3.63, 3.8) is 0 Å². The van der Waals surface area contributed by atoms with Crippen molar-refractivity contribution >= 4 is 23.1 Å². The maximum absolute atomic E-state index is 6.37. The fraction of sp³-hybridized carbons (Fsp3) is 0.636. The van der Waals surface area contributed by atoms with Crippen LogP contribution in [0.25, 0.3) is 0 Å². The number of hydrogen-bond donors (Lipinski definition) is 1. The molecule has 2 rings (SSSR count). The SMILES string of the molecule is Cc1sccc1C(N)C1(C)CCCS1. The molecule has 0 radical (unpaired) electrons. The molecule has 1 fully saturated rings. The van der Waals surface area contributed by atoms with Crippen molar-refractivity contribution < 1.29 is 0 Å². The first-order valence-electron chi connectivity index (χ1n) is 5.07. The molecule has 0 amide bonds. The summed E-state index contributed by atoms with van der Waals surface area (Å²) < 4.78 is 0.270. The van der Waals surface area contributed by atoms with Crippen molar-refractivity contribution in [3.05, 3.63) is 21.9 Å². The summed E-state index contributed by atoms with van der Waals surface area (Å²) in [6.45, 7) is 4.48. The molecule has 1 aliphatic heterocycles. The van der Waals surface area contributed by atoms with Crippen molar-refractivity contribution in [2.75, 3.05) is 5.75 Å². The number of thioether (sulfide) groups is 1. The van der Waals surface area contributed by atoms with Crippen LogP contribution in [-0.4, -0.2) is 10.5 Å². The Bertz CT molecular complexity index is 313. The van der Waals surface area contributed by atoms with E-state index in [1.807, 2.05) is 11.8 Å². The highest BCUT2D eigenvalue weighted by atomic mass is 32.2. The second-order valence-corrected chi connectivity index (χ2v) is 6.92. The van der Waals surface area contributed by atoms with E-state index in [1.165, 1.54) is 29.0 Å². The smallest absolute Gasteiger partial charge is 0.0452 e. The molecule has 2 atom stereocenters. The van der Waals surface area contributed by atoms with Gasteiger partial charge in [0.25, 0.3) is 0 Å². The average molecular weight is 227 g/mol. The summed E-state index contributed by atoms with van der Waals surface area (Å²) in [5.74, 6) is 1.27. The van der Waals surface area contributed by atoms with Gasteiger partial charge in [0.15, 0.2) is 0 Å². The molecular weight excluding hydrogens is 210 g/mol. The zero-order valence-corrected chi connectivity index (χ0v) is 10.4. The van der Waals surface area contributed by atoms with Crippen molar-refractivity contribution in [1.29, 1.82) is 0 Å². The van der Waals surface area contributed by atoms with Crippen LogP contribution in [0, 0.1) is 6.92 Å². The summed E-state index contributed by atoms with van der Waals surface area (Å²) in [5.41, 5.74) is 7.72. The van der Waals surface area contributed by atoms with Crippen LogP contribution in [0.4, 0.5) is 0 Å². The van der Waals surface area contributed by atoms with Gasteiger partial charge in [0, 0.05) is 15.7 Å². The molecule has 1 nitrogen and oxygen atoms in total. The molecule has 14 heavy (non-hydrogen) atoms. The third-order valence-electron chi connectivity index (χ3n) is 3.14. The Morgan fingerprint density at radius 1 is 1.57 bits per heavy atom. The number of aryl methyl sites for hydroxylation is 1. The van der Waals surface area contributed by atoms with E-state index in [2.05, 4.69) is 25.3 Å². The summed E-state index contributed by atoms with van der Waals surface area (Å²) in [6.07, 6.45) is 2.58. The van der Waals surface area contributed by atoms with Gasteiger partial charge in [0.1, 0.15) is 0 Å². The molecule has 2 N–H and O–H groups in total. The summed E-state index contributed by atoms with van der Waals surface area (Å²) in [4.78, 5) is 1.38. The fourth-order valence-corrected chi connectivity index (χ4v) is 4.19. The predicted octanol–water partition coefficient (Wildman–Crippen LogP) is 3.34. The maximum atomic E-state index is 6.37. The van der Waals surface area contributed by atoms with Gasteiger partial charge in [-0.15, -0.1) is 11.3 Å². The highest BCUT2D eigenvalue weighted by Crippen LogP contribution is 2.46. The van der Waals surface area contributed by atoms with Gasteiger partial charge < -0.3 is 5.73 Å². The van der Waals surface area contributed by atoms with E-state index in [1.54, 1.807) is 11.3 Å². The van der Waals surface area contributed by atoms with Crippen LogP contribution in [0.15, 0.2) is 11.4 Å². The van der Waals surface area contributed by atoms with Gasteiger partial charge in [-0.2, -0.15) is 11.8 Å². The minimum Gasteiger partial charge on any atom is -0.323 e. The lowest BCUT2D eigenvalue weighted by atomic mass is 9.91. The second kappa shape index (κ2) is 3.87. The van der Waals surface area contributed by atoms with Crippen LogP contribution in [0.2, 0.25) is 0 Å². The average Bonchev–Trinajstić information content (AvgIpc) is 2.74. The largest absolute Gasteiger partial charge is 0.323 e. The zero-order chi connectivity index (χ0) is 10.2. The molecule has 1 aliphatic rings. The summed E-state index contributed by atoms with van der Waals surface area (Å²) in [7, 11) is 0. The van der Waals surface area contributed by atoms with E-state index >= 15 is 0 Å². The Hall–Kier alpha value is 0.01000. The van der Waals surface area contributed by atoms with Gasteiger partial charge in [0.2, 0.25) is 0 Å². The van der Waals surface area contributed by atoms with Crippen molar-refractivity contribution in [2.45, 2.75) is 37.5 Å². The molecule has 0 saturated carbocycles. The van der Waals surface area contributed by atoms with Gasteiger partial charge in [-0.1, -0.05) is 0 Å². The lowest BCUT2D eigenvalue weighted by Crippen LogP contribution is -2.33. The maximum Gasteiger partial charge on any atom is 0.0452 e. The van der Waals surface area contributed by atoms with Gasteiger partial charge in [-0.3, -0.25) is 0 Å². The van der Waals surface area contributed by atoms with Crippen molar-refractivity contribution in [1.82, 2.24) is 0 Å². The van der Waals surface area contributed by atoms with Crippen LogP contribution in [0.5, 0.6) is 0 Å². The highest BCUT2D eigenvalue weighted by Gasteiger charge is 2.37. The Morgan fingerprint density at radius 2 is 2.36 bits per heavy atom. The Labute approximate surface area is 94.1 Å². The van der Waals surface area contributed by atoms with Crippen molar-refractivity contribution in [2.24, 2.45) is 5.73 Å². The number of hydrogen-bond acceptors (Lipinski definition) is 3. The molecule has 1 aromatic rings. The molecule has 1 aromatic heterocycles. The normalized spacial score (nSPS) is 29.4. The van der Waals surface area contributed by atoms with Crippen molar-refractivity contribution in [3.8, 4) is 0 Å². The number of rotatable bonds is 2. The monoisotopic (exact) mass is 227 g/mol. The summed E-state index contributed by atoms with van der Waals surface area (Å²) in [6, 6.07) is 2.40.